The van der Waals surface area contributed by atoms with Gasteiger partial charge in [0.25, 0.3) is 0 Å². The molecule has 0 amide bonds. The van der Waals surface area contributed by atoms with Crippen LogP contribution in [0, 0.1) is 5.82 Å². The summed E-state index contributed by atoms with van der Waals surface area (Å²) in [5.41, 5.74) is 0.490. The fraction of sp³-hybridized carbons (Fsp3) is 0.556. The minimum atomic E-state index is -0.298. The van der Waals surface area contributed by atoms with E-state index < -0.39 is 0 Å². The molecule has 1 aromatic heterocycles. The molecule has 0 unspecified atom stereocenters. The summed E-state index contributed by atoms with van der Waals surface area (Å²) in [5.74, 6) is 0.933. The molecule has 0 radical (unpaired) electrons. The van der Waals surface area contributed by atoms with Gasteiger partial charge in [-0.15, -0.1) is 10.2 Å². The van der Waals surface area contributed by atoms with Gasteiger partial charge in [-0.25, -0.2) is 4.39 Å². The number of thioether (sulfide) groups is 1. The third-order valence-electron chi connectivity index (χ3n) is 4.81. The molecule has 0 aliphatic carbocycles. The third kappa shape index (κ3) is 4.39. The summed E-state index contributed by atoms with van der Waals surface area (Å²) in [7, 11) is 0. The molecule has 1 aromatic carbocycles. The Balaban J connectivity index is 1.56. The zero-order valence-electron chi connectivity index (χ0n) is 14.9. The fourth-order valence-electron chi connectivity index (χ4n) is 3.34. The lowest BCUT2D eigenvalue weighted by molar-refractivity contribution is 0.0942. The van der Waals surface area contributed by atoms with Gasteiger partial charge in [0.05, 0.1) is 25.9 Å². The van der Waals surface area contributed by atoms with E-state index in [1.807, 2.05) is 0 Å². The Hall–Kier alpha value is -1.35. The topological polar surface area (TPSA) is 52.4 Å². The van der Waals surface area contributed by atoms with Gasteiger partial charge in [-0.3, -0.25) is 4.57 Å². The molecule has 2 aliphatic heterocycles. The number of halogens is 2. The van der Waals surface area contributed by atoms with E-state index in [1.165, 1.54) is 17.8 Å². The lowest BCUT2D eigenvalue weighted by atomic mass is 10.2. The number of benzene rings is 1. The number of aromatic nitrogens is 3. The van der Waals surface area contributed by atoms with Gasteiger partial charge in [0.2, 0.25) is 5.95 Å². The normalized spacial score (nSPS) is 20.4. The van der Waals surface area contributed by atoms with Crippen LogP contribution >= 0.6 is 23.4 Å². The lowest BCUT2D eigenvalue weighted by Gasteiger charge is -2.28. The molecular formula is C18H22ClFN4O2S. The van der Waals surface area contributed by atoms with Crippen LogP contribution in [0.25, 0.3) is 0 Å². The highest BCUT2D eigenvalue weighted by Crippen LogP contribution is 2.30. The summed E-state index contributed by atoms with van der Waals surface area (Å²) < 4.78 is 27.5. The molecule has 2 aromatic rings. The van der Waals surface area contributed by atoms with E-state index in [0.29, 0.717) is 36.1 Å². The van der Waals surface area contributed by atoms with E-state index in [0.717, 1.165) is 43.6 Å². The first-order valence-corrected chi connectivity index (χ1v) is 10.5. The largest absolute Gasteiger partial charge is 0.378 e. The second-order valence-corrected chi connectivity index (χ2v) is 7.97. The Morgan fingerprint density at radius 2 is 2.07 bits per heavy atom. The maximum Gasteiger partial charge on any atom is 0.228 e. The van der Waals surface area contributed by atoms with E-state index in [2.05, 4.69) is 19.7 Å². The fourth-order valence-corrected chi connectivity index (χ4v) is 4.63. The molecule has 6 nitrogen and oxygen atoms in total. The van der Waals surface area contributed by atoms with E-state index in [9.17, 15) is 4.39 Å². The van der Waals surface area contributed by atoms with Crippen LogP contribution in [0.4, 0.5) is 10.3 Å². The van der Waals surface area contributed by atoms with Gasteiger partial charge < -0.3 is 14.4 Å². The first kappa shape index (κ1) is 19.0. The summed E-state index contributed by atoms with van der Waals surface area (Å²) >= 11 is 7.61. The summed E-state index contributed by atoms with van der Waals surface area (Å²) in [4.78, 5) is 2.19. The molecule has 0 saturated carbocycles. The predicted molar refractivity (Wildman–Crippen MR) is 103 cm³/mol. The third-order valence-corrected chi connectivity index (χ3v) is 6.16. The Kier molecular flexibility index (Phi) is 6.17. The predicted octanol–water partition coefficient (Wildman–Crippen LogP) is 3.38. The van der Waals surface area contributed by atoms with Crippen molar-refractivity contribution in [2.24, 2.45) is 0 Å². The van der Waals surface area contributed by atoms with Crippen molar-refractivity contribution in [3.8, 4) is 0 Å². The van der Waals surface area contributed by atoms with Gasteiger partial charge in [-0.2, -0.15) is 0 Å². The van der Waals surface area contributed by atoms with Gasteiger partial charge >= 0.3 is 0 Å². The summed E-state index contributed by atoms with van der Waals surface area (Å²) in [6.07, 6.45) is 2.27. The zero-order chi connectivity index (χ0) is 18.6. The number of rotatable bonds is 6. The van der Waals surface area contributed by atoms with Gasteiger partial charge in [-0.1, -0.05) is 29.4 Å². The SMILES string of the molecule is Fc1cccc(Cl)c1CSc1nnc(N2CCOCC2)n1C[C@H]1CCCO1. The number of hydrogen-bond donors (Lipinski definition) is 0. The molecule has 1 atom stereocenters. The Morgan fingerprint density at radius 3 is 2.81 bits per heavy atom. The molecular weight excluding hydrogens is 391 g/mol. The summed E-state index contributed by atoms with van der Waals surface area (Å²) in [6, 6.07) is 4.75. The highest BCUT2D eigenvalue weighted by molar-refractivity contribution is 7.98. The van der Waals surface area contributed by atoms with Crippen molar-refractivity contribution in [1.82, 2.24) is 14.8 Å². The molecule has 9 heteroatoms. The first-order valence-electron chi connectivity index (χ1n) is 9.15. The standard InChI is InChI=1S/C18H22ClFN4O2S/c19-15-4-1-5-16(20)14(15)12-27-18-22-21-17(23-6-9-25-10-7-23)24(18)11-13-3-2-8-26-13/h1,4-5,13H,2-3,6-12H2/t13-/m1/s1. The van der Waals surface area contributed by atoms with Crippen LogP contribution in [-0.4, -0.2) is 53.8 Å². The smallest absolute Gasteiger partial charge is 0.228 e. The van der Waals surface area contributed by atoms with Gasteiger partial charge in [0, 0.05) is 36.0 Å². The highest BCUT2D eigenvalue weighted by Gasteiger charge is 2.25. The van der Waals surface area contributed by atoms with Gasteiger partial charge in [0.15, 0.2) is 5.16 Å². The van der Waals surface area contributed by atoms with Crippen molar-refractivity contribution in [3.05, 3.63) is 34.6 Å². The van der Waals surface area contributed by atoms with Crippen molar-refractivity contribution >= 4 is 29.3 Å². The number of anilines is 1. The van der Waals surface area contributed by atoms with Crippen LogP contribution in [-0.2, 0) is 21.8 Å². The van der Waals surface area contributed by atoms with Crippen LogP contribution in [0.3, 0.4) is 0 Å². The second-order valence-electron chi connectivity index (χ2n) is 6.62. The van der Waals surface area contributed by atoms with E-state index in [4.69, 9.17) is 21.1 Å². The number of morpholine rings is 1. The Morgan fingerprint density at radius 1 is 1.22 bits per heavy atom. The minimum Gasteiger partial charge on any atom is -0.378 e. The average Bonchev–Trinajstić information content (AvgIpc) is 3.33. The van der Waals surface area contributed by atoms with Gasteiger partial charge in [-0.05, 0) is 25.0 Å². The van der Waals surface area contributed by atoms with Crippen LogP contribution in [0.5, 0.6) is 0 Å². The Bertz CT molecular complexity index is 758. The molecule has 4 rings (SSSR count). The van der Waals surface area contributed by atoms with Gasteiger partial charge in [0.1, 0.15) is 5.82 Å². The quantitative estimate of drug-likeness (QED) is 0.678. The average molecular weight is 413 g/mol. The molecule has 146 valence electrons. The highest BCUT2D eigenvalue weighted by atomic mass is 35.5. The molecule has 0 bridgehead atoms. The van der Waals surface area contributed by atoms with Crippen molar-refractivity contribution in [1.29, 1.82) is 0 Å². The molecule has 0 spiro atoms. The maximum atomic E-state index is 14.1. The first-order chi connectivity index (χ1) is 13.2. The molecule has 0 N–H and O–H groups in total. The van der Waals surface area contributed by atoms with E-state index >= 15 is 0 Å². The molecule has 2 fully saturated rings. The number of ether oxygens (including phenoxy) is 2. The summed E-state index contributed by atoms with van der Waals surface area (Å²) in [5, 5.41) is 9.99. The summed E-state index contributed by atoms with van der Waals surface area (Å²) in [6.45, 7) is 4.43. The van der Waals surface area contributed by atoms with Crippen molar-refractivity contribution in [2.75, 3.05) is 37.8 Å². The van der Waals surface area contributed by atoms with Crippen LogP contribution in [0.1, 0.15) is 18.4 Å². The van der Waals surface area contributed by atoms with E-state index in [-0.39, 0.29) is 11.9 Å². The van der Waals surface area contributed by atoms with Crippen LogP contribution in [0.15, 0.2) is 23.4 Å². The monoisotopic (exact) mass is 412 g/mol. The second kappa shape index (κ2) is 8.77. The van der Waals surface area contributed by atoms with Crippen molar-refractivity contribution in [3.63, 3.8) is 0 Å². The number of hydrogen-bond acceptors (Lipinski definition) is 6. The van der Waals surface area contributed by atoms with Crippen molar-refractivity contribution < 1.29 is 13.9 Å². The maximum absolute atomic E-state index is 14.1. The number of nitrogens with zero attached hydrogens (tertiary/aromatic N) is 4. The molecule has 2 aliphatic rings. The zero-order valence-corrected chi connectivity index (χ0v) is 16.5. The molecule has 3 heterocycles. The van der Waals surface area contributed by atoms with Crippen LogP contribution in [0.2, 0.25) is 5.02 Å². The lowest BCUT2D eigenvalue weighted by Crippen LogP contribution is -2.38. The van der Waals surface area contributed by atoms with Crippen LogP contribution < -0.4 is 4.90 Å². The minimum absolute atomic E-state index is 0.164. The Labute approximate surface area is 167 Å². The van der Waals surface area contributed by atoms with Crippen molar-refractivity contribution in [2.45, 2.75) is 36.4 Å². The molecule has 27 heavy (non-hydrogen) atoms. The molecule has 2 saturated heterocycles. The van der Waals surface area contributed by atoms with E-state index in [1.54, 1.807) is 12.1 Å².